The molecule has 0 bridgehead atoms. The zero-order valence-corrected chi connectivity index (χ0v) is 14.2. The summed E-state index contributed by atoms with van der Waals surface area (Å²) in [6, 6.07) is 0. The Morgan fingerprint density at radius 2 is 1.79 bits per heavy atom. The van der Waals surface area contributed by atoms with Gasteiger partial charge >= 0.3 is 16.3 Å². The number of hydrogen-bond donors (Lipinski definition) is 2. The lowest BCUT2D eigenvalue weighted by atomic mass is 10.2. The van der Waals surface area contributed by atoms with Crippen molar-refractivity contribution in [2.75, 3.05) is 36.6 Å². The molecule has 0 aliphatic heterocycles. The molecule has 0 spiro atoms. The van der Waals surface area contributed by atoms with E-state index in [1.807, 2.05) is 4.90 Å². The van der Waals surface area contributed by atoms with Gasteiger partial charge in [-0.2, -0.15) is 0 Å². The second-order valence-electron chi connectivity index (χ2n) is 4.11. The number of alkyl halides is 1. The summed E-state index contributed by atoms with van der Waals surface area (Å²) in [5.74, 6) is 0. The van der Waals surface area contributed by atoms with Crippen LogP contribution in [-0.4, -0.2) is 52.9 Å². The molecule has 84 valence electrons. The van der Waals surface area contributed by atoms with Crippen molar-refractivity contribution >= 4 is 38.9 Å². The monoisotopic (exact) mass is 328 g/mol. The van der Waals surface area contributed by atoms with Gasteiger partial charge in [0.25, 0.3) is 0 Å². The summed E-state index contributed by atoms with van der Waals surface area (Å²) in [5, 5.41) is 1.43. The fraction of sp³-hybridized carbons (Fsp3) is 1.00. The first-order valence-electron chi connectivity index (χ1n) is 5.95. The molecule has 0 fully saturated rings. The summed E-state index contributed by atoms with van der Waals surface area (Å²) in [6.07, 6.45) is 4.27. The maximum atomic E-state index is 2.46. The summed E-state index contributed by atoms with van der Waals surface area (Å²) >= 11 is 3.82. The van der Waals surface area contributed by atoms with Crippen molar-refractivity contribution in [1.29, 1.82) is 0 Å². The first-order valence-corrected chi connectivity index (χ1v) is 8.89. The van der Waals surface area contributed by atoms with Crippen LogP contribution in [0.15, 0.2) is 0 Å². The molecule has 0 aliphatic rings. The van der Waals surface area contributed by atoms with E-state index in [1.165, 1.54) is 65.1 Å². The molecule has 14 heavy (non-hydrogen) atoms. The van der Waals surface area contributed by atoms with Gasteiger partial charge in [0.15, 0.2) is 0 Å². The van der Waals surface area contributed by atoms with Crippen molar-refractivity contribution in [3.63, 3.8) is 0 Å². The Bertz CT molecular complexity index is 121. The molecule has 0 amide bonds. The average Bonchev–Trinajstić information content (AvgIpc) is 2.23. The standard InChI is InChI=1S/C10H23IN2.Al.2H/c1-4-12(2)8-6-5-7-9-13(3)10-11;;;/h12H,2,4-10H2,1,3H3;;;/q+1;;;/p+1. The Morgan fingerprint density at radius 3 is 2.29 bits per heavy atom. The van der Waals surface area contributed by atoms with Gasteiger partial charge in [-0.25, -0.2) is 0 Å². The predicted molar refractivity (Wildman–Crippen MR) is 74.3 cm³/mol. The first kappa shape index (κ1) is 15.2. The van der Waals surface area contributed by atoms with E-state index < -0.39 is 0 Å². The molecule has 0 radical (unpaired) electrons. The van der Waals surface area contributed by atoms with E-state index in [1.54, 1.807) is 4.90 Å². The first-order chi connectivity index (χ1) is 6.74. The lowest BCUT2D eigenvalue weighted by molar-refractivity contribution is -0.887. The molecule has 0 saturated heterocycles. The number of rotatable bonds is 9. The van der Waals surface area contributed by atoms with E-state index in [2.05, 4.69) is 36.6 Å². The van der Waals surface area contributed by atoms with Gasteiger partial charge < -0.3 is 9.80 Å². The molecule has 2 N–H and O–H groups in total. The number of unbranched alkanes of at least 4 members (excludes halogenated alkanes) is 2. The molecule has 0 aromatic heterocycles. The summed E-state index contributed by atoms with van der Waals surface area (Å²) in [6.45, 7) is 6.39. The maximum absolute atomic E-state index is 2.46. The van der Waals surface area contributed by atoms with Crippen LogP contribution in [0.25, 0.3) is 0 Å². The maximum Gasteiger partial charge on any atom is 0.301 e. The highest BCUT2D eigenvalue weighted by atomic mass is 127. The van der Waals surface area contributed by atoms with Crippen molar-refractivity contribution in [2.24, 2.45) is 0 Å². The van der Waals surface area contributed by atoms with E-state index in [0.717, 1.165) is 0 Å². The minimum Gasteiger partial charge on any atom is -0.349 e. The van der Waals surface area contributed by atoms with Crippen molar-refractivity contribution < 1.29 is 9.80 Å². The molecule has 2 nitrogen and oxygen atoms in total. The van der Waals surface area contributed by atoms with Crippen molar-refractivity contribution in [2.45, 2.75) is 26.2 Å². The molecular formula is C10H26AlIN2+2. The van der Waals surface area contributed by atoms with Crippen LogP contribution < -0.4 is 9.80 Å². The number of nitrogens with one attached hydrogen (secondary N) is 2. The van der Waals surface area contributed by atoms with Gasteiger partial charge in [0.1, 0.15) is 4.55 Å². The van der Waals surface area contributed by atoms with Crippen LogP contribution in [0.2, 0.25) is 0 Å². The van der Waals surface area contributed by atoms with Gasteiger partial charge in [-0.3, -0.25) is 0 Å². The minimum atomic E-state index is 1.24. The SMILES string of the molecule is CC[NH+]([CH2][AlH2])CCCCC[NH+](C)CI. The highest BCUT2D eigenvalue weighted by molar-refractivity contribution is 14.1. The Morgan fingerprint density at radius 1 is 1.14 bits per heavy atom. The number of quaternary nitrogens is 2. The van der Waals surface area contributed by atoms with E-state index in [0.29, 0.717) is 0 Å². The van der Waals surface area contributed by atoms with Crippen LogP contribution in [0.5, 0.6) is 0 Å². The smallest absolute Gasteiger partial charge is 0.301 e. The normalized spacial score (nSPS) is 15.4. The van der Waals surface area contributed by atoms with E-state index in [4.69, 9.17) is 0 Å². The summed E-state index contributed by atoms with van der Waals surface area (Å²) < 4.78 is 1.24. The molecule has 2 unspecified atom stereocenters. The Kier molecular flexibility index (Phi) is 11.6. The van der Waals surface area contributed by atoms with Gasteiger partial charge in [-0.15, -0.1) is 0 Å². The molecule has 0 saturated carbocycles. The highest BCUT2D eigenvalue weighted by Gasteiger charge is 2.02. The van der Waals surface area contributed by atoms with Gasteiger partial charge in [-0.05, 0) is 48.8 Å². The summed E-state index contributed by atoms with van der Waals surface area (Å²) in [5.41, 5.74) is 0. The molecule has 0 heterocycles. The zero-order chi connectivity index (χ0) is 10.8. The lowest BCUT2D eigenvalue weighted by Crippen LogP contribution is -3.12. The number of halogens is 1. The van der Waals surface area contributed by atoms with Crippen LogP contribution in [0.4, 0.5) is 0 Å². The highest BCUT2D eigenvalue weighted by Crippen LogP contribution is 1.89. The van der Waals surface area contributed by atoms with Crippen LogP contribution in [0, 0.1) is 0 Å². The van der Waals surface area contributed by atoms with Gasteiger partial charge in [-0.1, -0.05) is 0 Å². The lowest BCUT2D eigenvalue weighted by Gasteiger charge is -2.15. The average molecular weight is 328 g/mol. The van der Waals surface area contributed by atoms with Crippen LogP contribution in [0.1, 0.15) is 26.2 Å². The van der Waals surface area contributed by atoms with Gasteiger partial charge in [0.2, 0.25) is 0 Å². The fourth-order valence-corrected chi connectivity index (χ4v) is 2.88. The predicted octanol–water partition coefficient (Wildman–Crippen LogP) is -1.44. The fourth-order valence-electron chi connectivity index (χ4n) is 1.65. The van der Waals surface area contributed by atoms with Crippen LogP contribution in [-0.2, 0) is 0 Å². The third-order valence-corrected chi connectivity index (χ3v) is 5.16. The largest absolute Gasteiger partial charge is 0.349 e. The number of hydrogen-bond acceptors (Lipinski definition) is 0. The second-order valence-corrected chi connectivity index (χ2v) is 5.58. The van der Waals surface area contributed by atoms with Gasteiger partial charge in [0.05, 0.1) is 26.7 Å². The van der Waals surface area contributed by atoms with E-state index in [9.17, 15) is 0 Å². The third kappa shape index (κ3) is 8.49. The van der Waals surface area contributed by atoms with E-state index in [-0.39, 0.29) is 0 Å². The quantitative estimate of drug-likeness (QED) is 0.169. The van der Waals surface area contributed by atoms with Crippen LogP contribution >= 0.6 is 22.6 Å². The molecule has 2 atom stereocenters. The third-order valence-electron chi connectivity index (χ3n) is 2.86. The topological polar surface area (TPSA) is 8.88 Å². The molecule has 0 aromatic carbocycles. The molecule has 4 heteroatoms. The Hall–Kier alpha value is 1.18. The molecule has 0 aromatic rings. The van der Waals surface area contributed by atoms with E-state index >= 15 is 0 Å². The summed E-state index contributed by atoms with van der Waals surface area (Å²) in [7, 11) is 2.29. The second kappa shape index (κ2) is 10.7. The molecule has 0 aliphatic carbocycles. The minimum absolute atomic E-state index is 1.24. The Balaban J connectivity index is 3.20. The van der Waals surface area contributed by atoms with Crippen molar-refractivity contribution in [3.05, 3.63) is 0 Å². The molecular weight excluding hydrogens is 302 g/mol. The zero-order valence-electron chi connectivity index (χ0n) is 10.0. The van der Waals surface area contributed by atoms with Gasteiger partial charge in [0, 0.05) is 5.41 Å². The summed E-state index contributed by atoms with van der Waals surface area (Å²) in [4.78, 5) is 3.47. The van der Waals surface area contributed by atoms with Crippen molar-refractivity contribution in [3.8, 4) is 0 Å². The molecule has 0 rings (SSSR count). The Labute approximate surface area is 111 Å². The van der Waals surface area contributed by atoms with Crippen molar-refractivity contribution in [1.82, 2.24) is 0 Å². The van der Waals surface area contributed by atoms with Crippen LogP contribution in [0.3, 0.4) is 0 Å².